The van der Waals surface area contributed by atoms with Crippen molar-refractivity contribution in [1.29, 1.82) is 0 Å². The number of pyridine rings is 1. The van der Waals surface area contributed by atoms with Crippen LogP contribution in [0, 0.1) is 0 Å². The molecule has 0 bridgehead atoms. The Hall–Kier alpha value is -2.93. The minimum atomic E-state index is -0.106. The fraction of sp³-hybridized carbons (Fsp3) is 0.222. The first-order valence-corrected chi connectivity index (χ1v) is 8.71. The van der Waals surface area contributed by atoms with Gasteiger partial charge in [-0.2, -0.15) is 0 Å². The second kappa shape index (κ2) is 7.13. The van der Waals surface area contributed by atoms with Crippen LogP contribution in [0.5, 0.6) is 0 Å². The highest BCUT2D eigenvalue weighted by Gasteiger charge is 2.26. The molecule has 7 nitrogen and oxygen atoms in total. The summed E-state index contributed by atoms with van der Waals surface area (Å²) in [6.45, 7) is 1.49. The van der Waals surface area contributed by atoms with Crippen molar-refractivity contribution in [3.8, 4) is 5.69 Å². The van der Waals surface area contributed by atoms with E-state index in [0.29, 0.717) is 17.1 Å². The number of nitrogens with zero attached hydrogens (tertiary/aromatic N) is 5. The lowest BCUT2D eigenvalue weighted by molar-refractivity contribution is 0.0940. The van der Waals surface area contributed by atoms with Gasteiger partial charge >= 0.3 is 0 Å². The third kappa shape index (κ3) is 3.39. The van der Waals surface area contributed by atoms with Crippen LogP contribution >= 0.6 is 11.6 Å². The molecule has 26 heavy (non-hydrogen) atoms. The number of amides is 1. The van der Waals surface area contributed by atoms with E-state index in [1.165, 1.54) is 0 Å². The second-order valence-corrected chi connectivity index (χ2v) is 6.52. The first-order chi connectivity index (χ1) is 12.7. The van der Waals surface area contributed by atoms with E-state index in [1.54, 1.807) is 35.4 Å². The Balaban J connectivity index is 1.43. The van der Waals surface area contributed by atoms with Gasteiger partial charge in [0.15, 0.2) is 0 Å². The van der Waals surface area contributed by atoms with E-state index >= 15 is 0 Å². The van der Waals surface area contributed by atoms with Crippen LogP contribution in [-0.2, 0) is 0 Å². The van der Waals surface area contributed by atoms with Gasteiger partial charge in [-0.25, -0.2) is 9.67 Å². The molecule has 1 N–H and O–H groups in total. The van der Waals surface area contributed by atoms with Gasteiger partial charge in [0.2, 0.25) is 0 Å². The Labute approximate surface area is 155 Å². The quantitative estimate of drug-likeness (QED) is 0.764. The van der Waals surface area contributed by atoms with Gasteiger partial charge < -0.3 is 10.2 Å². The molecule has 1 aliphatic heterocycles. The van der Waals surface area contributed by atoms with E-state index < -0.39 is 0 Å². The second-order valence-electron chi connectivity index (χ2n) is 6.11. The van der Waals surface area contributed by atoms with Gasteiger partial charge in [0.1, 0.15) is 5.82 Å². The van der Waals surface area contributed by atoms with Crippen LogP contribution in [0.1, 0.15) is 16.8 Å². The lowest BCUT2D eigenvalue weighted by atomic mass is 10.1. The lowest BCUT2D eigenvalue weighted by Gasteiger charge is -2.19. The van der Waals surface area contributed by atoms with Gasteiger partial charge in [-0.15, -0.1) is 5.10 Å². The van der Waals surface area contributed by atoms with Crippen LogP contribution < -0.4 is 10.2 Å². The smallest absolute Gasteiger partial charge is 0.251 e. The average molecular weight is 369 g/mol. The number of hydrogen-bond acceptors (Lipinski definition) is 5. The fourth-order valence-corrected chi connectivity index (χ4v) is 3.33. The maximum Gasteiger partial charge on any atom is 0.251 e. The van der Waals surface area contributed by atoms with Gasteiger partial charge in [0, 0.05) is 30.9 Å². The van der Waals surface area contributed by atoms with E-state index in [1.807, 2.05) is 24.3 Å². The molecule has 3 aromatic rings. The van der Waals surface area contributed by atoms with Crippen molar-refractivity contribution in [1.82, 2.24) is 25.3 Å². The van der Waals surface area contributed by atoms with Crippen molar-refractivity contribution in [2.24, 2.45) is 0 Å². The van der Waals surface area contributed by atoms with E-state index in [4.69, 9.17) is 11.6 Å². The number of anilines is 1. The summed E-state index contributed by atoms with van der Waals surface area (Å²) in [6, 6.07) is 11.0. The minimum absolute atomic E-state index is 0.0515. The molecule has 1 amide bonds. The zero-order chi connectivity index (χ0) is 17.9. The summed E-state index contributed by atoms with van der Waals surface area (Å²) in [5, 5.41) is 11.5. The standard InChI is InChI=1S/C18H17ClN6O/c19-16-5-2-7-20-17(16)24-9-6-14(12-24)22-18(26)13-3-1-4-15(11-13)25-10-8-21-23-25/h1-5,7-8,10-11,14H,6,9,12H2,(H,22,26)/t14-/m0/s1. The lowest BCUT2D eigenvalue weighted by Crippen LogP contribution is -2.37. The summed E-state index contributed by atoms with van der Waals surface area (Å²) in [6.07, 6.45) is 5.91. The highest BCUT2D eigenvalue weighted by Crippen LogP contribution is 2.25. The highest BCUT2D eigenvalue weighted by molar-refractivity contribution is 6.32. The number of carbonyl (C=O) groups excluding carboxylic acids is 1. The molecule has 4 rings (SSSR count). The van der Waals surface area contributed by atoms with Crippen molar-refractivity contribution in [2.45, 2.75) is 12.5 Å². The minimum Gasteiger partial charge on any atom is -0.353 e. The molecule has 1 aromatic carbocycles. The monoisotopic (exact) mass is 368 g/mol. The Kier molecular flexibility index (Phi) is 4.53. The van der Waals surface area contributed by atoms with E-state index in [-0.39, 0.29) is 11.9 Å². The van der Waals surface area contributed by atoms with Crippen LogP contribution in [0.4, 0.5) is 5.82 Å². The van der Waals surface area contributed by atoms with Gasteiger partial charge in [0.05, 0.1) is 23.1 Å². The van der Waals surface area contributed by atoms with Gasteiger partial charge in [-0.1, -0.05) is 22.9 Å². The molecule has 0 saturated carbocycles. The fourth-order valence-electron chi connectivity index (χ4n) is 3.08. The Morgan fingerprint density at radius 1 is 1.23 bits per heavy atom. The number of aromatic nitrogens is 4. The maximum absolute atomic E-state index is 12.6. The summed E-state index contributed by atoms with van der Waals surface area (Å²) >= 11 is 6.22. The average Bonchev–Trinajstić information content (AvgIpc) is 3.34. The number of carbonyl (C=O) groups is 1. The summed E-state index contributed by atoms with van der Waals surface area (Å²) in [4.78, 5) is 19.1. The van der Waals surface area contributed by atoms with E-state index in [0.717, 1.165) is 24.5 Å². The van der Waals surface area contributed by atoms with E-state index in [2.05, 4.69) is 25.5 Å². The largest absolute Gasteiger partial charge is 0.353 e. The van der Waals surface area contributed by atoms with Crippen LogP contribution in [0.25, 0.3) is 5.69 Å². The topological polar surface area (TPSA) is 75.9 Å². The summed E-state index contributed by atoms with van der Waals surface area (Å²) in [7, 11) is 0. The zero-order valence-corrected chi connectivity index (χ0v) is 14.7. The van der Waals surface area contributed by atoms with Crippen molar-refractivity contribution in [2.75, 3.05) is 18.0 Å². The zero-order valence-electron chi connectivity index (χ0n) is 13.9. The maximum atomic E-state index is 12.6. The number of halogens is 1. The predicted octanol–water partition coefficient (Wildman–Crippen LogP) is 2.32. The predicted molar refractivity (Wildman–Crippen MR) is 98.7 cm³/mol. The molecule has 0 unspecified atom stereocenters. The Morgan fingerprint density at radius 3 is 2.96 bits per heavy atom. The molecule has 3 heterocycles. The SMILES string of the molecule is O=C(N[C@H]1CCN(c2ncccc2Cl)C1)c1cccc(-n2ccnn2)c1. The molecular weight excluding hydrogens is 352 g/mol. The van der Waals surface area contributed by atoms with Crippen molar-refractivity contribution in [3.63, 3.8) is 0 Å². The third-order valence-electron chi connectivity index (χ3n) is 4.36. The number of hydrogen-bond donors (Lipinski definition) is 1. The van der Waals surface area contributed by atoms with Gasteiger partial charge in [-0.3, -0.25) is 4.79 Å². The van der Waals surface area contributed by atoms with Crippen LogP contribution in [-0.4, -0.2) is 45.0 Å². The Morgan fingerprint density at radius 2 is 2.15 bits per heavy atom. The molecule has 1 atom stereocenters. The molecule has 1 saturated heterocycles. The van der Waals surface area contributed by atoms with Crippen molar-refractivity contribution in [3.05, 3.63) is 65.6 Å². The first kappa shape index (κ1) is 16.5. The van der Waals surface area contributed by atoms with Crippen LogP contribution in [0.3, 0.4) is 0 Å². The van der Waals surface area contributed by atoms with Crippen LogP contribution in [0.2, 0.25) is 5.02 Å². The number of benzene rings is 1. The number of nitrogens with one attached hydrogen (secondary N) is 1. The van der Waals surface area contributed by atoms with Crippen molar-refractivity contribution < 1.29 is 4.79 Å². The van der Waals surface area contributed by atoms with Crippen molar-refractivity contribution >= 4 is 23.3 Å². The Bertz CT molecular complexity index is 914. The van der Waals surface area contributed by atoms with Gasteiger partial charge in [0.25, 0.3) is 5.91 Å². The highest BCUT2D eigenvalue weighted by atomic mass is 35.5. The van der Waals surface area contributed by atoms with Crippen LogP contribution in [0.15, 0.2) is 55.0 Å². The third-order valence-corrected chi connectivity index (χ3v) is 4.65. The number of rotatable bonds is 4. The summed E-state index contributed by atoms with van der Waals surface area (Å²) in [5.74, 6) is 0.657. The molecule has 1 aliphatic rings. The molecule has 0 spiro atoms. The normalized spacial score (nSPS) is 16.7. The molecule has 2 aromatic heterocycles. The summed E-state index contributed by atoms with van der Waals surface area (Å²) in [5.41, 5.74) is 1.38. The van der Waals surface area contributed by atoms with E-state index in [9.17, 15) is 4.79 Å². The molecular formula is C18H17ClN6O. The molecule has 8 heteroatoms. The molecule has 1 fully saturated rings. The molecule has 132 valence electrons. The summed E-state index contributed by atoms with van der Waals surface area (Å²) < 4.78 is 1.62. The molecule has 0 radical (unpaired) electrons. The first-order valence-electron chi connectivity index (χ1n) is 8.34. The molecule has 0 aliphatic carbocycles. The van der Waals surface area contributed by atoms with Gasteiger partial charge in [-0.05, 0) is 36.8 Å².